The molecule has 2 aromatic heterocycles. The summed E-state index contributed by atoms with van der Waals surface area (Å²) in [5, 5.41) is 5.85. The van der Waals surface area contributed by atoms with Crippen molar-refractivity contribution in [3.05, 3.63) is 35.8 Å². The van der Waals surface area contributed by atoms with E-state index in [1.807, 2.05) is 0 Å². The second kappa shape index (κ2) is 7.71. The van der Waals surface area contributed by atoms with E-state index >= 15 is 0 Å². The van der Waals surface area contributed by atoms with Crippen LogP contribution in [0.25, 0.3) is 0 Å². The molecule has 11 heteroatoms. The van der Waals surface area contributed by atoms with Gasteiger partial charge in [0, 0.05) is 18.3 Å². The Morgan fingerprint density at radius 1 is 1.10 bits per heavy atom. The van der Waals surface area contributed by atoms with Gasteiger partial charge in [-0.3, -0.25) is 4.79 Å². The molecule has 0 aromatic carbocycles. The average molecular weight is 421 g/mol. The number of carbonyl (C=O) groups excluding carboxylic acids is 1. The van der Waals surface area contributed by atoms with Gasteiger partial charge in [-0.25, -0.2) is 9.97 Å². The van der Waals surface area contributed by atoms with Gasteiger partial charge >= 0.3 is 6.18 Å². The number of alkyl halides is 3. The molecule has 1 amide bonds. The molecule has 0 radical (unpaired) electrons. The van der Waals surface area contributed by atoms with Gasteiger partial charge in [-0.05, 0) is 49.7 Å². The van der Waals surface area contributed by atoms with Crippen molar-refractivity contribution in [3.8, 4) is 0 Å². The van der Waals surface area contributed by atoms with E-state index in [0.29, 0.717) is 5.69 Å². The minimum Gasteiger partial charge on any atom is -0.366 e. The van der Waals surface area contributed by atoms with Crippen LogP contribution in [0.3, 0.4) is 0 Å². The van der Waals surface area contributed by atoms with Crippen LogP contribution in [-0.2, 0) is 6.18 Å². The highest BCUT2D eigenvalue weighted by Gasteiger charge is 2.43. The molecule has 2 unspecified atom stereocenters. The van der Waals surface area contributed by atoms with Crippen LogP contribution in [0.2, 0.25) is 0 Å². The van der Waals surface area contributed by atoms with Gasteiger partial charge in [0.15, 0.2) is 0 Å². The molecule has 4 rings (SSSR count). The summed E-state index contributed by atoms with van der Waals surface area (Å²) < 4.78 is 40.6. The van der Waals surface area contributed by atoms with Crippen molar-refractivity contribution in [3.63, 3.8) is 0 Å². The molecule has 2 atom stereocenters. The van der Waals surface area contributed by atoms with Crippen molar-refractivity contribution in [2.24, 2.45) is 23.3 Å². The Balaban J connectivity index is 1.59. The molecule has 2 heterocycles. The number of amides is 1. The van der Waals surface area contributed by atoms with Crippen LogP contribution >= 0.6 is 0 Å². The van der Waals surface area contributed by atoms with Gasteiger partial charge in [-0.15, -0.1) is 0 Å². The number of hydrogen-bond acceptors (Lipinski definition) is 7. The fourth-order valence-corrected chi connectivity index (χ4v) is 4.47. The van der Waals surface area contributed by atoms with Crippen LogP contribution in [-0.4, -0.2) is 32.9 Å². The monoisotopic (exact) mass is 421 g/mol. The summed E-state index contributed by atoms with van der Waals surface area (Å²) in [5.41, 5.74) is 10.8. The molecule has 2 aliphatic carbocycles. The first kappa shape index (κ1) is 20.3. The number of nitrogens with zero attached hydrogens (tertiary/aromatic N) is 3. The van der Waals surface area contributed by atoms with Crippen LogP contribution < -0.4 is 22.1 Å². The smallest absolute Gasteiger partial charge is 0.366 e. The highest BCUT2D eigenvalue weighted by atomic mass is 19.4. The van der Waals surface area contributed by atoms with E-state index in [4.69, 9.17) is 11.5 Å². The highest BCUT2D eigenvalue weighted by molar-refractivity contribution is 5.90. The number of anilines is 3. The molecule has 2 bridgehead atoms. The van der Waals surface area contributed by atoms with Crippen LogP contribution in [0.5, 0.6) is 0 Å². The number of pyridine rings is 1. The van der Waals surface area contributed by atoms with E-state index in [1.165, 1.54) is 18.3 Å². The van der Waals surface area contributed by atoms with E-state index in [2.05, 4.69) is 25.6 Å². The number of fused-ring (bicyclic) bond motifs is 2. The molecule has 0 spiro atoms. The summed E-state index contributed by atoms with van der Waals surface area (Å²) in [6.07, 6.45) is 0.996. The third kappa shape index (κ3) is 4.16. The van der Waals surface area contributed by atoms with Crippen molar-refractivity contribution in [1.82, 2.24) is 15.0 Å². The SMILES string of the molecule is NC(=O)c1ccc(Nc2ncc(C(F)(F)F)c(NC3C4CCC3CC(N)C4)n2)cn1. The number of hydrogen-bond donors (Lipinski definition) is 4. The number of rotatable bonds is 5. The Morgan fingerprint density at radius 2 is 1.80 bits per heavy atom. The molecular weight excluding hydrogens is 399 g/mol. The lowest BCUT2D eigenvalue weighted by molar-refractivity contribution is -0.137. The predicted octanol–water partition coefficient (Wildman–Crippen LogP) is 2.66. The summed E-state index contributed by atoms with van der Waals surface area (Å²) in [6, 6.07) is 2.92. The summed E-state index contributed by atoms with van der Waals surface area (Å²) in [5.74, 6) is -0.479. The minimum atomic E-state index is -4.59. The molecule has 0 aliphatic heterocycles. The quantitative estimate of drug-likeness (QED) is 0.583. The molecule has 6 N–H and O–H groups in total. The zero-order valence-electron chi connectivity index (χ0n) is 16.0. The van der Waals surface area contributed by atoms with Crippen molar-refractivity contribution in [2.45, 2.75) is 43.9 Å². The number of carbonyl (C=O) groups is 1. The Morgan fingerprint density at radius 3 is 2.37 bits per heavy atom. The van der Waals surface area contributed by atoms with E-state index in [1.54, 1.807) is 0 Å². The van der Waals surface area contributed by atoms with Gasteiger partial charge in [0.05, 0.1) is 11.9 Å². The second-order valence-electron chi connectivity index (χ2n) is 7.87. The molecular formula is C19H22F3N7O. The third-order valence-corrected chi connectivity index (χ3v) is 5.80. The normalized spacial score (nSPS) is 25.7. The van der Waals surface area contributed by atoms with Gasteiger partial charge in [0.2, 0.25) is 5.95 Å². The van der Waals surface area contributed by atoms with E-state index in [9.17, 15) is 18.0 Å². The Labute approximate surface area is 170 Å². The number of nitrogens with two attached hydrogens (primary N) is 2. The number of aromatic nitrogens is 3. The van der Waals surface area contributed by atoms with Gasteiger partial charge in [0.25, 0.3) is 5.91 Å². The lowest BCUT2D eigenvalue weighted by Gasteiger charge is -2.35. The first-order valence-corrected chi connectivity index (χ1v) is 9.70. The maximum Gasteiger partial charge on any atom is 0.421 e. The van der Waals surface area contributed by atoms with Crippen molar-refractivity contribution in [1.29, 1.82) is 0 Å². The third-order valence-electron chi connectivity index (χ3n) is 5.80. The fraction of sp³-hybridized carbons (Fsp3) is 0.474. The fourth-order valence-electron chi connectivity index (χ4n) is 4.47. The standard InChI is InChI=1S/C19H22F3N7O/c20-19(21,22)13-8-26-18(27-12-3-4-14(16(24)30)25-7-12)29-17(13)28-15-9-1-2-10(15)6-11(23)5-9/h3-4,7-11,15H,1-2,5-6,23H2,(H2,24,30)(H2,26,27,28,29). The predicted molar refractivity (Wildman–Crippen MR) is 104 cm³/mol. The highest BCUT2D eigenvalue weighted by Crippen LogP contribution is 2.44. The molecule has 2 saturated carbocycles. The van der Waals surface area contributed by atoms with Gasteiger partial charge in [0.1, 0.15) is 17.1 Å². The molecule has 160 valence electrons. The molecule has 2 aromatic rings. The Hall–Kier alpha value is -2.95. The van der Waals surface area contributed by atoms with E-state index in [0.717, 1.165) is 31.9 Å². The Kier molecular flexibility index (Phi) is 5.22. The largest absolute Gasteiger partial charge is 0.421 e. The van der Waals surface area contributed by atoms with Crippen molar-refractivity contribution in [2.75, 3.05) is 10.6 Å². The van der Waals surface area contributed by atoms with Crippen LogP contribution in [0, 0.1) is 11.8 Å². The van der Waals surface area contributed by atoms with Crippen molar-refractivity contribution < 1.29 is 18.0 Å². The lowest BCUT2D eigenvalue weighted by atomic mass is 9.81. The zero-order valence-corrected chi connectivity index (χ0v) is 16.0. The van der Waals surface area contributed by atoms with E-state index in [-0.39, 0.29) is 41.4 Å². The van der Waals surface area contributed by atoms with Crippen LogP contribution in [0.1, 0.15) is 41.7 Å². The first-order chi connectivity index (χ1) is 14.2. The molecule has 8 nitrogen and oxygen atoms in total. The number of nitrogens with one attached hydrogen (secondary N) is 2. The van der Waals surface area contributed by atoms with Crippen LogP contribution in [0.15, 0.2) is 24.5 Å². The summed E-state index contributed by atoms with van der Waals surface area (Å²) in [6.45, 7) is 0. The topological polar surface area (TPSA) is 132 Å². The van der Waals surface area contributed by atoms with Crippen molar-refractivity contribution >= 4 is 23.4 Å². The first-order valence-electron chi connectivity index (χ1n) is 9.70. The van der Waals surface area contributed by atoms with Gasteiger partial charge < -0.3 is 22.1 Å². The maximum absolute atomic E-state index is 13.5. The average Bonchev–Trinajstić information content (AvgIpc) is 2.91. The number of primary amides is 1. The summed E-state index contributed by atoms with van der Waals surface area (Å²) in [7, 11) is 0. The second-order valence-corrected chi connectivity index (χ2v) is 7.87. The zero-order chi connectivity index (χ0) is 21.5. The summed E-state index contributed by atoms with van der Waals surface area (Å²) >= 11 is 0. The number of halogens is 3. The molecule has 2 aliphatic rings. The van der Waals surface area contributed by atoms with Gasteiger partial charge in [-0.1, -0.05) is 0 Å². The molecule has 0 saturated heterocycles. The van der Waals surface area contributed by atoms with Gasteiger partial charge in [-0.2, -0.15) is 18.2 Å². The molecule has 2 fully saturated rings. The Bertz CT molecular complexity index is 921. The molecule has 30 heavy (non-hydrogen) atoms. The maximum atomic E-state index is 13.5. The minimum absolute atomic E-state index is 0.0148. The summed E-state index contributed by atoms with van der Waals surface area (Å²) in [4.78, 5) is 22.9. The van der Waals surface area contributed by atoms with E-state index < -0.39 is 17.6 Å². The lowest BCUT2D eigenvalue weighted by Crippen LogP contribution is -2.42. The van der Waals surface area contributed by atoms with Crippen LogP contribution in [0.4, 0.5) is 30.6 Å².